The molecule has 16 heteroatoms. The first kappa shape index (κ1) is 36.0. The molecule has 2 heterocycles. The third kappa shape index (κ3) is 6.50. The fourth-order valence-corrected chi connectivity index (χ4v) is 6.92. The number of aliphatic hydroxyl groups is 2. The molecule has 2 bridgehead atoms. The molecule has 0 aromatic heterocycles. The number of nitrogens with zero attached hydrogens (tertiary/aromatic N) is 1. The van der Waals surface area contributed by atoms with Crippen molar-refractivity contribution < 1.29 is 67.0 Å². The molecule has 1 saturated heterocycles. The van der Waals surface area contributed by atoms with Crippen LogP contribution in [0.1, 0.15) is 58.1 Å². The van der Waals surface area contributed by atoms with E-state index in [1.807, 2.05) is 27.0 Å². The van der Waals surface area contributed by atoms with Crippen molar-refractivity contribution in [3.63, 3.8) is 0 Å². The topological polar surface area (TPSA) is 192 Å². The number of hydrogen-bond donors (Lipinski definition) is 5. The van der Waals surface area contributed by atoms with Crippen molar-refractivity contribution in [3.8, 4) is 11.5 Å². The van der Waals surface area contributed by atoms with E-state index in [4.69, 9.17) is 24.1 Å². The Morgan fingerprint density at radius 1 is 1.15 bits per heavy atom. The molecule has 0 radical (unpaired) electrons. The molecule has 260 valence electrons. The van der Waals surface area contributed by atoms with E-state index in [0.29, 0.717) is 25.1 Å². The maximum atomic E-state index is 13.2. The smallest absolute Gasteiger partial charge is 0.490 e. The second-order valence-electron chi connectivity index (χ2n) is 12.8. The SMILES string of the molecule is CC(C)C[C@H](NC(=O)[C@H](C)O)C(=O)O[C@@H](C)C(=O)OC1=CC[C@@]2(O)[C@H]3Cc4ccc(O)c5c4[C@@]2(CCN3C)[C@H]1O5.O=C(O)C(F)(F)F. The van der Waals surface area contributed by atoms with Gasteiger partial charge in [0.05, 0.1) is 11.0 Å². The van der Waals surface area contributed by atoms with Crippen molar-refractivity contribution in [1.29, 1.82) is 0 Å². The van der Waals surface area contributed by atoms with Crippen LogP contribution in [0.3, 0.4) is 0 Å². The van der Waals surface area contributed by atoms with E-state index in [1.165, 1.54) is 13.8 Å². The highest BCUT2D eigenvalue weighted by Gasteiger charge is 2.72. The van der Waals surface area contributed by atoms with Crippen LogP contribution in [-0.2, 0) is 40.5 Å². The van der Waals surface area contributed by atoms with Crippen LogP contribution in [0.5, 0.6) is 11.5 Å². The van der Waals surface area contributed by atoms with Gasteiger partial charge in [-0.1, -0.05) is 19.9 Å². The number of ether oxygens (including phenoxy) is 3. The predicted molar refractivity (Wildman–Crippen MR) is 155 cm³/mol. The number of phenolic OH excluding ortho intramolecular Hbond substituents is 1. The molecule has 0 unspecified atom stereocenters. The van der Waals surface area contributed by atoms with Crippen molar-refractivity contribution in [1.82, 2.24) is 10.2 Å². The van der Waals surface area contributed by atoms with Crippen LogP contribution in [-0.4, -0.2) is 105 Å². The monoisotopic (exact) mass is 672 g/mol. The summed E-state index contributed by atoms with van der Waals surface area (Å²) in [7, 11) is 1.98. The zero-order valence-corrected chi connectivity index (χ0v) is 26.5. The number of aromatic hydroxyl groups is 1. The minimum atomic E-state index is -5.08. The average Bonchev–Trinajstić information content (AvgIpc) is 3.33. The van der Waals surface area contributed by atoms with Gasteiger partial charge in [-0.25, -0.2) is 14.4 Å². The van der Waals surface area contributed by atoms with E-state index in [0.717, 1.165) is 11.1 Å². The molecule has 5 rings (SSSR count). The molecule has 13 nitrogen and oxygen atoms in total. The summed E-state index contributed by atoms with van der Waals surface area (Å²) in [5.74, 6) is -4.64. The molecule has 0 saturated carbocycles. The molecule has 1 amide bonds. The number of rotatable bonds is 8. The van der Waals surface area contributed by atoms with Gasteiger partial charge in [-0.3, -0.25) is 4.79 Å². The van der Waals surface area contributed by atoms with Crippen LogP contribution < -0.4 is 10.1 Å². The largest absolute Gasteiger partial charge is 0.504 e. The summed E-state index contributed by atoms with van der Waals surface area (Å²) in [6.45, 7) is 7.08. The lowest BCUT2D eigenvalue weighted by atomic mass is 9.50. The van der Waals surface area contributed by atoms with Crippen LogP contribution >= 0.6 is 0 Å². The number of likely N-dealkylation sites (N-methyl/N-ethyl adjacent to an activating group) is 1. The number of carboxylic acid groups (broad SMARTS) is 1. The third-order valence-corrected chi connectivity index (χ3v) is 9.13. The molecular formula is C31H39F3N2O11. The summed E-state index contributed by atoms with van der Waals surface area (Å²) in [6, 6.07) is 2.22. The van der Waals surface area contributed by atoms with E-state index in [-0.39, 0.29) is 36.3 Å². The number of piperidine rings is 1. The Hall–Kier alpha value is -3.89. The highest BCUT2D eigenvalue weighted by molar-refractivity contribution is 5.88. The maximum Gasteiger partial charge on any atom is 0.490 e. The quantitative estimate of drug-likeness (QED) is 0.252. The van der Waals surface area contributed by atoms with Gasteiger partial charge in [0.2, 0.25) is 5.91 Å². The van der Waals surface area contributed by atoms with Gasteiger partial charge in [-0.15, -0.1) is 0 Å². The van der Waals surface area contributed by atoms with Gasteiger partial charge in [0.15, 0.2) is 23.7 Å². The molecular weight excluding hydrogens is 633 g/mol. The molecule has 47 heavy (non-hydrogen) atoms. The number of carboxylic acids is 1. The van der Waals surface area contributed by atoms with Gasteiger partial charge < -0.3 is 44.9 Å². The number of nitrogens with one attached hydrogen (secondary N) is 1. The maximum absolute atomic E-state index is 13.2. The summed E-state index contributed by atoms with van der Waals surface area (Å²) in [5, 5.41) is 42.0. The molecule has 7 atom stereocenters. The summed E-state index contributed by atoms with van der Waals surface area (Å²) < 4.78 is 49.2. The normalized spacial score (nSPS) is 27.5. The van der Waals surface area contributed by atoms with Gasteiger partial charge in [0.1, 0.15) is 17.9 Å². The van der Waals surface area contributed by atoms with Gasteiger partial charge in [-0.2, -0.15) is 13.2 Å². The van der Waals surface area contributed by atoms with Crippen molar-refractivity contribution in [2.45, 2.75) is 101 Å². The molecule has 1 aromatic rings. The van der Waals surface area contributed by atoms with Crippen molar-refractivity contribution in [2.75, 3.05) is 13.6 Å². The summed E-state index contributed by atoms with van der Waals surface area (Å²) in [5.41, 5.74) is -0.349. The number of aliphatic hydroxyl groups excluding tert-OH is 1. The zero-order valence-electron chi connectivity index (χ0n) is 26.5. The summed E-state index contributed by atoms with van der Waals surface area (Å²) >= 11 is 0. The van der Waals surface area contributed by atoms with E-state index in [2.05, 4.69) is 10.2 Å². The van der Waals surface area contributed by atoms with Crippen molar-refractivity contribution in [3.05, 3.63) is 35.1 Å². The molecule has 1 spiro atoms. The second-order valence-corrected chi connectivity index (χ2v) is 12.8. The number of hydrogen-bond acceptors (Lipinski definition) is 11. The van der Waals surface area contributed by atoms with Gasteiger partial charge >= 0.3 is 24.1 Å². The standard InChI is InChI=1S/C29H38N2O9.C2HF3O2/c1-14(2)12-18(30-25(34)15(3)32)27(36)38-16(4)26(35)39-20-8-9-29(37)21-13-17-6-7-19(33)23-22(17)28(29,24(20)40-23)10-11-31(21)5;3-2(4,5)1(6)7/h6-8,14-16,18,21,24,32-33,37H,9-13H2,1-5H3,(H,30,34);(H,6,7)/t15-,16-,18-,21+,24-,28-,29+;/m0./s1. The number of aliphatic carboxylic acids is 1. The predicted octanol–water partition coefficient (Wildman–Crippen LogP) is 1.69. The number of halogens is 3. The summed E-state index contributed by atoms with van der Waals surface area (Å²) in [6.07, 6.45) is -5.30. The lowest BCUT2D eigenvalue weighted by Crippen LogP contribution is -2.74. The Bertz CT molecular complexity index is 1460. The number of carbonyl (C=O) groups is 4. The lowest BCUT2D eigenvalue weighted by molar-refractivity contribution is -0.192. The first-order chi connectivity index (χ1) is 21.7. The van der Waals surface area contributed by atoms with Gasteiger partial charge in [0.25, 0.3) is 0 Å². The average molecular weight is 673 g/mol. The number of likely N-dealkylation sites (tertiary alicyclic amines) is 1. The highest BCUT2D eigenvalue weighted by atomic mass is 19.4. The Morgan fingerprint density at radius 3 is 2.36 bits per heavy atom. The third-order valence-electron chi connectivity index (χ3n) is 9.13. The second kappa shape index (κ2) is 13.0. The van der Waals surface area contributed by atoms with Crippen molar-refractivity contribution >= 4 is 23.8 Å². The van der Waals surface area contributed by atoms with Crippen LogP contribution in [0, 0.1) is 5.92 Å². The summed E-state index contributed by atoms with van der Waals surface area (Å²) in [4.78, 5) is 49.1. The highest BCUT2D eigenvalue weighted by Crippen LogP contribution is 2.65. The number of amides is 1. The van der Waals surface area contributed by atoms with E-state index in [9.17, 15) is 42.9 Å². The Labute approximate surface area is 268 Å². The fourth-order valence-electron chi connectivity index (χ4n) is 6.92. The number of carbonyl (C=O) groups excluding carboxylic acids is 3. The van der Waals surface area contributed by atoms with Crippen LogP contribution in [0.15, 0.2) is 24.0 Å². The molecule has 1 fully saturated rings. The van der Waals surface area contributed by atoms with E-state index < -0.39 is 65.4 Å². The first-order valence-electron chi connectivity index (χ1n) is 15.1. The van der Waals surface area contributed by atoms with E-state index >= 15 is 0 Å². The number of esters is 2. The molecule has 1 aromatic carbocycles. The minimum Gasteiger partial charge on any atom is -0.504 e. The molecule has 2 aliphatic carbocycles. The van der Waals surface area contributed by atoms with Crippen molar-refractivity contribution in [2.24, 2.45) is 5.92 Å². The van der Waals surface area contributed by atoms with Crippen LogP contribution in [0.25, 0.3) is 0 Å². The molecule has 4 aliphatic rings. The first-order valence-corrected chi connectivity index (χ1v) is 15.1. The van der Waals surface area contributed by atoms with Crippen LogP contribution in [0.2, 0.25) is 0 Å². The number of alkyl halides is 3. The molecule has 2 aliphatic heterocycles. The fraction of sp³-hybridized carbons (Fsp3) is 0.613. The van der Waals surface area contributed by atoms with Crippen LogP contribution in [0.4, 0.5) is 13.2 Å². The van der Waals surface area contributed by atoms with Gasteiger partial charge in [0, 0.05) is 18.0 Å². The zero-order chi connectivity index (χ0) is 35.2. The Kier molecular flexibility index (Phi) is 9.91. The molecule has 5 N–H and O–H groups in total. The Morgan fingerprint density at radius 2 is 1.79 bits per heavy atom. The minimum absolute atomic E-state index is 0.0239. The number of benzene rings is 1. The van der Waals surface area contributed by atoms with E-state index in [1.54, 1.807) is 12.1 Å². The lowest BCUT2D eigenvalue weighted by Gasteiger charge is -2.61. The van der Waals surface area contributed by atoms with Gasteiger partial charge in [-0.05, 0) is 70.3 Å². The number of phenols is 1. The Balaban J connectivity index is 0.000000644.